The highest BCUT2D eigenvalue weighted by Gasteiger charge is 2.62. The fourth-order valence-corrected chi connectivity index (χ4v) is 4.92. The van der Waals surface area contributed by atoms with Gasteiger partial charge >= 0.3 is 6.18 Å². The summed E-state index contributed by atoms with van der Waals surface area (Å²) >= 11 is 0. The minimum atomic E-state index is -4.54. The van der Waals surface area contributed by atoms with E-state index in [1.54, 1.807) is 0 Å². The van der Waals surface area contributed by atoms with Crippen molar-refractivity contribution in [2.45, 2.75) is 30.7 Å². The highest BCUT2D eigenvalue weighted by molar-refractivity contribution is 7.87. The molecule has 0 spiro atoms. The van der Waals surface area contributed by atoms with E-state index in [0.29, 0.717) is 5.39 Å². The Morgan fingerprint density at radius 3 is 2.54 bits per heavy atom. The summed E-state index contributed by atoms with van der Waals surface area (Å²) in [5.41, 5.74) is -1.92. The number of rotatable bonds is 4. The lowest BCUT2D eigenvalue weighted by atomic mass is 9.85. The molecule has 11 heteroatoms. The molecular weight excluding hydrogens is 373 g/mol. The van der Waals surface area contributed by atoms with Gasteiger partial charge in [-0.25, -0.2) is 4.72 Å². The van der Waals surface area contributed by atoms with E-state index in [1.807, 2.05) is 0 Å². The Bertz CT molecular complexity index is 960. The average Bonchev–Trinajstić information content (AvgIpc) is 2.97. The summed E-state index contributed by atoms with van der Waals surface area (Å²) in [6, 6.07) is 1.63. The third-order valence-corrected chi connectivity index (χ3v) is 6.55. The normalized spacial score (nSPS) is 31.3. The number of hydrogen-bond acceptors (Lipinski definition) is 4. The molecule has 0 amide bonds. The standard InChI is InChI=1S/C15H17F3N4O3S/c1-19-26(24,25)22-13-8-4-14(23,5-9(8)13)11-2-7(15(16,17)18)3-12-10(11)6-20-21-12/h2-3,6,8-9,13,19,22-23H,4-5H2,1H3,(H,20,21)/t8-,9+,13+,14-. The van der Waals surface area contributed by atoms with Crippen LogP contribution < -0.4 is 9.44 Å². The monoisotopic (exact) mass is 390 g/mol. The third-order valence-electron chi connectivity index (χ3n) is 5.43. The Hall–Kier alpha value is -1.69. The number of alkyl halides is 3. The zero-order valence-electron chi connectivity index (χ0n) is 13.6. The van der Waals surface area contributed by atoms with E-state index in [2.05, 4.69) is 19.6 Å². The number of H-pyrrole nitrogens is 1. The summed E-state index contributed by atoms with van der Waals surface area (Å²) in [6.07, 6.45) is -2.77. The first-order chi connectivity index (χ1) is 12.0. The average molecular weight is 390 g/mol. The number of nitrogens with zero attached hydrogens (tertiary/aromatic N) is 1. The first-order valence-electron chi connectivity index (χ1n) is 8.02. The predicted octanol–water partition coefficient (Wildman–Crippen LogP) is 1.23. The second-order valence-electron chi connectivity index (χ2n) is 6.97. The molecule has 7 nitrogen and oxygen atoms in total. The largest absolute Gasteiger partial charge is 0.416 e. The van der Waals surface area contributed by atoms with Gasteiger partial charge < -0.3 is 5.11 Å². The number of hydrogen-bond donors (Lipinski definition) is 4. The van der Waals surface area contributed by atoms with Crippen LogP contribution in [0, 0.1) is 11.8 Å². The summed E-state index contributed by atoms with van der Waals surface area (Å²) in [7, 11) is -2.31. The smallest absolute Gasteiger partial charge is 0.385 e. The quantitative estimate of drug-likeness (QED) is 0.630. The van der Waals surface area contributed by atoms with Gasteiger partial charge in [-0.2, -0.15) is 31.4 Å². The lowest BCUT2D eigenvalue weighted by molar-refractivity contribution is -0.137. The van der Waals surface area contributed by atoms with Crippen molar-refractivity contribution in [1.82, 2.24) is 19.6 Å². The van der Waals surface area contributed by atoms with Gasteiger partial charge in [-0.15, -0.1) is 0 Å². The Labute approximate surface area is 147 Å². The van der Waals surface area contributed by atoms with Crippen molar-refractivity contribution in [1.29, 1.82) is 0 Å². The summed E-state index contributed by atoms with van der Waals surface area (Å²) in [5, 5.41) is 17.8. The molecule has 1 heterocycles. The molecule has 0 bridgehead atoms. The van der Waals surface area contributed by atoms with E-state index < -0.39 is 27.6 Å². The number of aromatic nitrogens is 2. The molecule has 1 aromatic heterocycles. The molecule has 2 aliphatic rings. The number of halogens is 3. The fraction of sp³-hybridized carbons (Fsp3) is 0.533. The topological polar surface area (TPSA) is 107 Å². The van der Waals surface area contributed by atoms with Crippen molar-refractivity contribution < 1.29 is 26.7 Å². The van der Waals surface area contributed by atoms with Gasteiger partial charge in [0.1, 0.15) is 0 Å². The molecule has 142 valence electrons. The van der Waals surface area contributed by atoms with Gasteiger partial charge in [0.2, 0.25) is 0 Å². The number of fused-ring (bicyclic) bond motifs is 2. The molecule has 4 atom stereocenters. The van der Waals surface area contributed by atoms with Crippen LogP contribution in [0.1, 0.15) is 24.0 Å². The van der Waals surface area contributed by atoms with Crippen molar-refractivity contribution in [2.75, 3.05) is 7.05 Å². The van der Waals surface area contributed by atoms with Gasteiger partial charge in [0, 0.05) is 18.5 Å². The minimum Gasteiger partial charge on any atom is -0.385 e. The molecule has 4 N–H and O–H groups in total. The van der Waals surface area contributed by atoms with Crippen LogP contribution in [0.15, 0.2) is 18.3 Å². The van der Waals surface area contributed by atoms with Crippen molar-refractivity contribution >= 4 is 21.1 Å². The number of aliphatic hydroxyl groups is 1. The SMILES string of the molecule is CNS(=O)(=O)N[C@H]1[C@@H]2C[C@](O)(c3cc(C(F)(F)F)cc4[nH]ncc34)C[C@@H]21. The maximum absolute atomic E-state index is 13.2. The van der Waals surface area contributed by atoms with Gasteiger partial charge in [-0.05, 0) is 42.4 Å². The van der Waals surface area contributed by atoms with Crippen LogP contribution in [0.25, 0.3) is 10.9 Å². The highest BCUT2D eigenvalue weighted by atomic mass is 32.2. The molecule has 0 saturated heterocycles. The predicted molar refractivity (Wildman–Crippen MR) is 86.1 cm³/mol. The van der Waals surface area contributed by atoms with Crippen LogP contribution >= 0.6 is 0 Å². The molecule has 4 rings (SSSR count). The van der Waals surface area contributed by atoms with Gasteiger partial charge in [0.05, 0.1) is 22.9 Å². The van der Waals surface area contributed by atoms with Crippen LogP contribution in [-0.2, 0) is 22.0 Å². The first-order valence-corrected chi connectivity index (χ1v) is 9.50. The Kier molecular flexibility index (Phi) is 3.69. The molecule has 26 heavy (non-hydrogen) atoms. The van der Waals surface area contributed by atoms with E-state index in [1.165, 1.54) is 13.2 Å². The molecule has 2 saturated carbocycles. The summed E-state index contributed by atoms with van der Waals surface area (Å²) in [4.78, 5) is 0. The molecule has 2 aromatic rings. The van der Waals surface area contributed by atoms with Crippen LogP contribution in [-0.4, -0.2) is 36.8 Å². The van der Waals surface area contributed by atoms with Crippen molar-refractivity contribution in [3.8, 4) is 0 Å². The number of nitrogens with one attached hydrogen (secondary N) is 3. The molecule has 2 fully saturated rings. The lowest BCUT2D eigenvalue weighted by Crippen LogP contribution is -2.39. The molecule has 2 aliphatic carbocycles. The Morgan fingerprint density at radius 2 is 1.96 bits per heavy atom. The maximum atomic E-state index is 13.2. The van der Waals surface area contributed by atoms with Crippen LogP contribution in [0.4, 0.5) is 13.2 Å². The Balaban J connectivity index is 1.65. The van der Waals surface area contributed by atoms with E-state index in [4.69, 9.17) is 0 Å². The van der Waals surface area contributed by atoms with Crippen LogP contribution in [0.2, 0.25) is 0 Å². The molecule has 0 aliphatic heterocycles. The number of aromatic amines is 1. The molecule has 0 radical (unpaired) electrons. The second kappa shape index (κ2) is 5.41. The van der Waals surface area contributed by atoms with Crippen molar-refractivity contribution in [2.24, 2.45) is 11.8 Å². The Morgan fingerprint density at radius 1 is 1.31 bits per heavy atom. The van der Waals surface area contributed by atoms with E-state index in [-0.39, 0.29) is 41.8 Å². The van der Waals surface area contributed by atoms with Gasteiger partial charge in [-0.1, -0.05) is 0 Å². The number of benzene rings is 1. The summed E-state index contributed by atoms with van der Waals surface area (Å²) in [5.74, 6) is -0.223. The highest BCUT2D eigenvalue weighted by Crippen LogP contribution is 2.60. The van der Waals surface area contributed by atoms with Crippen LogP contribution in [0.3, 0.4) is 0 Å². The van der Waals surface area contributed by atoms with Crippen LogP contribution in [0.5, 0.6) is 0 Å². The first kappa shape index (κ1) is 17.7. The third kappa shape index (κ3) is 2.79. The molecular formula is C15H17F3N4O3S. The maximum Gasteiger partial charge on any atom is 0.416 e. The zero-order chi connectivity index (χ0) is 18.9. The molecule has 0 unspecified atom stereocenters. The van der Waals surface area contributed by atoms with E-state index in [0.717, 1.165) is 12.1 Å². The second-order valence-corrected chi connectivity index (χ2v) is 8.62. The fourth-order valence-electron chi connectivity index (χ4n) is 4.10. The van der Waals surface area contributed by atoms with Gasteiger partial charge in [0.25, 0.3) is 10.2 Å². The van der Waals surface area contributed by atoms with E-state index in [9.17, 15) is 26.7 Å². The zero-order valence-corrected chi connectivity index (χ0v) is 14.4. The van der Waals surface area contributed by atoms with Crippen molar-refractivity contribution in [3.05, 3.63) is 29.5 Å². The minimum absolute atomic E-state index is 0.111. The lowest BCUT2D eigenvalue weighted by Gasteiger charge is -2.28. The van der Waals surface area contributed by atoms with E-state index >= 15 is 0 Å². The van der Waals surface area contributed by atoms with Crippen molar-refractivity contribution in [3.63, 3.8) is 0 Å². The van der Waals surface area contributed by atoms with Gasteiger partial charge in [0.15, 0.2) is 0 Å². The summed E-state index contributed by atoms with van der Waals surface area (Å²) < 4.78 is 67.4. The van der Waals surface area contributed by atoms with Gasteiger partial charge in [-0.3, -0.25) is 5.10 Å². The molecule has 1 aromatic carbocycles. The summed E-state index contributed by atoms with van der Waals surface area (Å²) in [6.45, 7) is 0.